The zero-order valence-corrected chi connectivity index (χ0v) is 11.5. The van der Waals surface area contributed by atoms with Gasteiger partial charge in [-0.3, -0.25) is 24.0 Å². The maximum absolute atomic E-state index is 10.8. The molecule has 0 rings (SSSR count). The highest BCUT2D eigenvalue weighted by Gasteiger charge is 2.13. The van der Waals surface area contributed by atoms with E-state index in [4.69, 9.17) is 0 Å². The van der Waals surface area contributed by atoms with Gasteiger partial charge in [0.1, 0.15) is 24.4 Å². The van der Waals surface area contributed by atoms with Gasteiger partial charge in [0.25, 0.3) is 0 Å². The van der Waals surface area contributed by atoms with Crippen LogP contribution in [0.15, 0.2) is 0 Å². The fourth-order valence-corrected chi connectivity index (χ4v) is 0.879. The zero-order chi connectivity index (χ0) is 15.4. The van der Waals surface area contributed by atoms with Gasteiger partial charge in [0, 0.05) is 0 Å². The molecule has 108 valence electrons. The van der Waals surface area contributed by atoms with Crippen molar-refractivity contribution in [3.63, 3.8) is 0 Å². The summed E-state index contributed by atoms with van der Waals surface area (Å²) in [6, 6.07) is 0. The Hall–Kier alpha value is -2.05. The van der Waals surface area contributed by atoms with Crippen LogP contribution in [0.5, 0.6) is 0 Å². The van der Waals surface area contributed by atoms with Crippen molar-refractivity contribution in [2.24, 2.45) is 0 Å². The topological polar surface area (TPSA) is 104 Å². The number of hydrogen-bond donors (Lipinski definition) is 0. The molecule has 0 radical (unpaired) electrons. The zero-order valence-electron chi connectivity index (χ0n) is 11.5. The third-order valence-electron chi connectivity index (χ3n) is 1.64. The summed E-state index contributed by atoms with van der Waals surface area (Å²) in [5.74, 6) is -1.93. The maximum atomic E-state index is 10.8. The van der Waals surface area contributed by atoms with Crippen LogP contribution >= 0.6 is 0 Å². The Morgan fingerprint density at radius 1 is 0.684 bits per heavy atom. The number of carbonyl (C=O) groups is 5. The number of hydrogen-bond acceptors (Lipinski definition) is 7. The lowest BCUT2D eigenvalue weighted by atomic mass is 10.2. The molecule has 0 unspecified atom stereocenters. The molecule has 0 fully saturated rings. The molecular weight excluding hydrogens is 256 g/mol. The number of methoxy groups -OCH3 is 2. The molecule has 0 saturated carbocycles. The Bertz CT molecular complexity index is 325. The van der Waals surface area contributed by atoms with E-state index in [1.54, 1.807) is 0 Å². The van der Waals surface area contributed by atoms with E-state index >= 15 is 0 Å². The molecule has 0 aromatic rings. The first-order valence-corrected chi connectivity index (χ1v) is 5.37. The summed E-state index contributed by atoms with van der Waals surface area (Å²) in [5, 5.41) is 0. The Morgan fingerprint density at radius 3 is 1.16 bits per heavy atom. The van der Waals surface area contributed by atoms with Gasteiger partial charge >= 0.3 is 11.9 Å². The van der Waals surface area contributed by atoms with Gasteiger partial charge < -0.3 is 9.47 Å². The van der Waals surface area contributed by atoms with E-state index in [1.165, 1.54) is 28.1 Å². The summed E-state index contributed by atoms with van der Waals surface area (Å²) in [7, 11) is 2.35. The molecule has 0 aliphatic heterocycles. The summed E-state index contributed by atoms with van der Waals surface area (Å²) >= 11 is 0. The Kier molecular flexibility index (Phi) is 11.2. The predicted molar refractivity (Wildman–Crippen MR) is 64.3 cm³/mol. The second kappa shape index (κ2) is 11.1. The quantitative estimate of drug-likeness (QED) is 0.504. The minimum absolute atomic E-state index is 0.0625. The molecule has 7 nitrogen and oxygen atoms in total. The van der Waals surface area contributed by atoms with Gasteiger partial charge in [0.2, 0.25) is 0 Å². The van der Waals surface area contributed by atoms with Gasteiger partial charge in [-0.05, 0) is 13.8 Å². The van der Waals surface area contributed by atoms with E-state index in [-0.39, 0.29) is 30.8 Å². The minimum atomic E-state index is -0.649. The van der Waals surface area contributed by atoms with E-state index in [2.05, 4.69) is 9.47 Å². The summed E-state index contributed by atoms with van der Waals surface area (Å²) in [6.07, 6.45) is -0.683. The van der Waals surface area contributed by atoms with Gasteiger partial charge in [-0.1, -0.05) is 0 Å². The summed E-state index contributed by atoms with van der Waals surface area (Å²) < 4.78 is 8.45. The van der Waals surface area contributed by atoms with Crippen LogP contribution in [-0.4, -0.2) is 43.5 Å². The predicted octanol–water partition coefficient (Wildman–Crippen LogP) is 0.236. The van der Waals surface area contributed by atoms with Crippen LogP contribution in [0.25, 0.3) is 0 Å². The average Bonchev–Trinajstić information content (AvgIpc) is 2.27. The molecule has 0 aromatic heterocycles. The van der Waals surface area contributed by atoms with Crippen LogP contribution in [0.1, 0.15) is 33.1 Å². The van der Waals surface area contributed by atoms with Crippen LogP contribution < -0.4 is 0 Å². The standard InChI is InChI=1S/C7H10O5.C5H8O2/c1-11-6(9)3-5(8)4-7(10)12-2;1-4(6)3-5(2)7/h3-4H2,1-2H3;3H2,1-2H3. The highest BCUT2D eigenvalue weighted by Crippen LogP contribution is 1.93. The molecule has 0 aliphatic carbocycles. The molecule has 0 aromatic carbocycles. The SMILES string of the molecule is CC(=O)CC(C)=O.COC(=O)CC(=O)CC(=O)OC. The highest BCUT2D eigenvalue weighted by atomic mass is 16.5. The van der Waals surface area contributed by atoms with Gasteiger partial charge in [-0.2, -0.15) is 0 Å². The van der Waals surface area contributed by atoms with Gasteiger partial charge in [-0.15, -0.1) is 0 Å². The maximum Gasteiger partial charge on any atom is 0.313 e. The first-order valence-electron chi connectivity index (χ1n) is 5.37. The summed E-state index contributed by atoms with van der Waals surface area (Å²) in [6.45, 7) is 2.81. The Balaban J connectivity index is 0. The lowest BCUT2D eigenvalue weighted by Gasteiger charge is -1.97. The number of rotatable bonds is 6. The van der Waals surface area contributed by atoms with Gasteiger partial charge in [0.15, 0.2) is 5.78 Å². The molecule has 0 amide bonds. The smallest absolute Gasteiger partial charge is 0.313 e. The van der Waals surface area contributed by atoms with Gasteiger partial charge in [-0.25, -0.2) is 0 Å². The highest BCUT2D eigenvalue weighted by molar-refractivity contribution is 6.03. The third kappa shape index (κ3) is 15.9. The second-order valence-corrected chi connectivity index (χ2v) is 3.63. The molecule has 0 saturated heterocycles. The third-order valence-corrected chi connectivity index (χ3v) is 1.64. The van der Waals surface area contributed by atoms with Crippen molar-refractivity contribution in [1.82, 2.24) is 0 Å². The molecule has 0 spiro atoms. The van der Waals surface area contributed by atoms with Crippen LogP contribution in [0.3, 0.4) is 0 Å². The molecule has 7 heteroatoms. The summed E-state index contributed by atoms with van der Waals surface area (Å²) in [5.41, 5.74) is 0. The van der Waals surface area contributed by atoms with E-state index in [0.717, 1.165) is 0 Å². The van der Waals surface area contributed by atoms with E-state index in [1.807, 2.05) is 0 Å². The molecule has 19 heavy (non-hydrogen) atoms. The van der Waals surface area contributed by atoms with Crippen molar-refractivity contribution < 1.29 is 33.4 Å². The van der Waals surface area contributed by atoms with Crippen LogP contribution in [-0.2, 0) is 33.4 Å². The second-order valence-electron chi connectivity index (χ2n) is 3.63. The number of ketones is 3. The fraction of sp³-hybridized carbons (Fsp3) is 0.583. The number of Topliss-reactive ketones (excluding diaryl/α,β-unsaturated/α-hetero) is 3. The normalized spacial score (nSPS) is 8.63. The molecule has 0 heterocycles. The Labute approximate surface area is 111 Å². The van der Waals surface area contributed by atoms with E-state index in [9.17, 15) is 24.0 Å². The van der Waals surface area contributed by atoms with Crippen molar-refractivity contribution >= 4 is 29.3 Å². The van der Waals surface area contributed by atoms with Gasteiger partial charge in [0.05, 0.1) is 20.6 Å². The molecule has 0 atom stereocenters. The molecule has 0 aliphatic rings. The Morgan fingerprint density at radius 2 is 1.00 bits per heavy atom. The summed E-state index contributed by atoms with van der Waals surface area (Å²) in [4.78, 5) is 51.8. The molecular formula is C12H18O7. The van der Waals surface area contributed by atoms with Crippen molar-refractivity contribution in [1.29, 1.82) is 0 Å². The van der Waals surface area contributed by atoms with Crippen LogP contribution in [0.2, 0.25) is 0 Å². The number of ether oxygens (including phenoxy) is 2. The van der Waals surface area contributed by atoms with Crippen molar-refractivity contribution in [3.8, 4) is 0 Å². The fourth-order valence-electron chi connectivity index (χ4n) is 0.879. The largest absolute Gasteiger partial charge is 0.469 e. The first-order chi connectivity index (χ1) is 8.72. The molecule has 0 N–H and O–H groups in total. The number of esters is 2. The lowest BCUT2D eigenvalue weighted by molar-refractivity contribution is -0.146. The van der Waals surface area contributed by atoms with E-state index < -0.39 is 17.7 Å². The minimum Gasteiger partial charge on any atom is -0.469 e. The first kappa shape index (κ1) is 19.3. The van der Waals surface area contributed by atoms with Crippen molar-refractivity contribution in [2.45, 2.75) is 33.1 Å². The monoisotopic (exact) mass is 274 g/mol. The van der Waals surface area contributed by atoms with Crippen molar-refractivity contribution in [2.75, 3.05) is 14.2 Å². The van der Waals surface area contributed by atoms with E-state index in [0.29, 0.717) is 0 Å². The van der Waals surface area contributed by atoms with Crippen LogP contribution in [0.4, 0.5) is 0 Å². The number of carbonyl (C=O) groups excluding carboxylic acids is 5. The average molecular weight is 274 g/mol. The van der Waals surface area contributed by atoms with Crippen molar-refractivity contribution in [3.05, 3.63) is 0 Å². The molecule has 0 bridgehead atoms. The van der Waals surface area contributed by atoms with Crippen LogP contribution in [0, 0.1) is 0 Å². The lowest BCUT2D eigenvalue weighted by Crippen LogP contribution is -2.14.